The lowest BCUT2D eigenvalue weighted by Crippen LogP contribution is -2.60. The average molecular weight is 817 g/mol. The SMILES string of the molecule is CCCC/C=C\C/C=C\CCCCCCCCOCC(COC1OC(CO)C(O)C(OS(=O)(=O)O)C1O)OC(=O)CCCCCCC/C=C\C/C=C\CCCC. The number of ether oxygens (including phenoxy) is 4. The Morgan fingerprint density at radius 2 is 1.18 bits per heavy atom. The van der Waals surface area contributed by atoms with E-state index in [1.165, 1.54) is 38.5 Å². The Morgan fingerprint density at radius 1 is 0.679 bits per heavy atom. The molecule has 1 fully saturated rings. The highest BCUT2D eigenvalue weighted by Crippen LogP contribution is 2.26. The summed E-state index contributed by atoms with van der Waals surface area (Å²) >= 11 is 0. The lowest BCUT2D eigenvalue weighted by atomic mass is 9.99. The van der Waals surface area contributed by atoms with Gasteiger partial charge >= 0.3 is 16.4 Å². The fraction of sp³-hybridized carbons (Fsp3) is 0.791. The van der Waals surface area contributed by atoms with Crippen molar-refractivity contribution in [3.05, 3.63) is 48.6 Å². The van der Waals surface area contributed by atoms with Crippen LogP contribution in [-0.2, 0) is 38.3 Å². The molecule has 326 valence electrons. The van der Waals surface area contributed by atoms with E-state index in [0.29, 0.717) is 13.0 Å². The third-order valence-corrected chi connectivity index (χ3v) is 9.89. The van der Waals surface area contributed by atoms with Crippen LogP contribution in [-0.4, -0.2) is 97.5 Å². The summed E-state index contributed by atoms with van der Waals surface area (Å²) in [6.45, 7) is 3.85. The molecule has 1 aliphatic rings. The van der Waals surface area contributed by atoms with Gasteiger partial charge in [-0.05, 0) is 64.2 Å². The van der Waals surface area contributed by atoms with Crippen LogP contribution in [0.1, 0.15) is 155 Å². The van der Waals surface area contributed by atoms with Crippen LogP contribution in [0.5, 0.6) is 0 Å². The monoisotopic (exact) mass is 817 g/mol. The number of aliphatic hydroxyl groups excluding tert-OH is 3. The van der Waals surface area contributed by atoms with E-state index in [4.69, 9.17) is 23.5 Å². The van der Waals surface area contributed by atoms with Gasteiger partial charge in [0.1, 0.15) is 30.5 Å². The van der Waals surface area contributed by atoms with Crippen molar-refractivity contribution in [2.75, 3.05) is 26.4 Å². The van der Waals surface area contributed by atoms with Crippen LogP contribution in [0.15, 0.2) is 48.6 Å². The van der Waals surface area contributed by atoms with Crippen molar-refractivity contribution in [3.8, 4) is 0 Å². The summed E-state index contributed by atoms with van der Waals surface area (Å²) in [7, 11) is -5.06. The Hall–Kier alpha value is -1.94. The predicted octanol–water partition coefficient (Wildman–Crippen LogP) is 8.41. The first kappa shape index (κ1) is 52.1. The second-order valence-electron chi connectivity index (χ2n) is 14.6. The Bertz CT molecular complexity index is 1170. The van der Waals surface area contributed by atoms with Crippen molar-refractivity contribution in [3.63, 3.8) is 0 Å². The molecule has 12 nitrogen and oxygen atoms in total. The molecule has 4 N–H and O–H groups in total. The van der Waals surface area contributed by atoms with Gasteiger partial charge in [-0.1, -0.05) is 133 Å². The summed E-state index contributed by atoms with van der Waals surface area (Å²) in [5.41, 5.74) is 0. The average Bonchev–Trinajstić information content (AvgIpc) is 3.17. The molecule has 6 unspecified atom stereocenters. The zero-order valence-electron chi connectivity index (χ0n) is 34.4. The maximum atomic E-state index is 12.8. The summed E-state index contributed by atoms with van der Waals surface area (Å²) in [4.78, 5) is 12.8. The zero-order chi connectivity index (χ0) is 41.1. The van der Waals surface area contributed by atoms with Gasteiger partial charge in [0.25, 0.3) is 0 Å². The summed E-state index contributed by atoms with van der Waals surface area (Å²) in [6.07, 6.45) is 31.4. The van der Waals surface area contributed by atoms with E-state index < -0.39 is 59.8 Å². The Balaban J connectivity index is 2.48. The van der Waals surface area contributed by atoms with Crippen molar-refractivity contribution < 1.29 is 56.2 Å². The largest absolute Gasteiger partial charge is 0.457 e. The third kappa shape index (κ3) is 28.5. The highest BCUT2D eigenvalue weighted by atomic mass is 32.3. The smallest absolute Gasteiger partial charge is 0.397 e. The molecule has 0 radical (unpaired) electrons. The molecule has 1 aliphatic heterocycles. The van der Waals surface area contributed by atoms with Crippen LogP contribution in [0.25, 0.3) is 0 Å². The molecular formula is C43H76O12S. The summed E-state index contributed by atoms with van der Waals surface area (Å²) < 4.78 is 58.9. The fourth-order valence-corrected chi connectivity index (χ4v) is 6.62. The normalized spacial score (nSPS) is 21.3. The Labute approximate surface area is 338 Å². The molecule has 0 aromatic heterocycles. The van der Waals surface area contributed by atoms with E-state index >= 15 is 0 Å². The Morgan fingerprint density at radius 3 is 1.70 bits per heavy atom. The lowest BCUT2D eigenvalue weighted by Gasteiger charge is -2.41. The number of rotatable bonds is 36. The maximum Gasteiger partial charge on any atom is 0.397 e. The van der Waals surface area contributed by atoms with E-state index in [0.717, 1.165) is 89.9 Å². The van der Waals surface area contributed by atoms with Crippen molar-refractivity contribution in [2.45, 2.75) is 192 Å². The van der Waals surface area contributed by atoms with Crippen LogP contribution in [0.2, 0.25) is 0 Å². The van der Waals surface area contributed by atoms with Crippen LogP contribution in [0.3, 0.4) is 0 Å². The minimum absolute atomic E-state index is 0.0216. The number of carbonyl (C=O) groups excluding carboxylic acids is 1. The van der Waals surface area contributed by atoms with Gasteiger partial charge in [-0.15, -0.1) is 0 Å². The number of esters is 1. The lowest BCUT2D eigenvalue weighted by molar-refractivity contribution is -0.301. The third-order valence-electron chi connectivity index (χ3n) is 9.42. The van der Waals surface area contributed by atoms with E-state index in [1.807, 2.05) is 0 Å². The fourth-order valence-electron chi connectivity index (χ4n) is 6.12. The maximum absolute atomic E-state index is 12.8. The van der Waals surface area contributed by atoms with Gasteiger partial charge in [0.05, 0.1) is 19.8 Å². The molecule has 1 saturated heterocycles. The van der Waals surface area contributed by atoms with Crippen LogP contribution >= 0.6 is 0 Å². The highest BCUT2D eigenvalue weighted by molar-refractivity contribution is 7.80. The van der Waals surface area contributed by atoms with E-state index in [1.54, 1.807) is 0 Å². The van der Waals surface area contributed by atoms with Crippen molar-refractivity contribution >= 4 is 16.4 Å². The van der Waals surface area contributed by atoms with Gasteiger partial charge in [-0.2, -0.15) is 8.42 Å². The molecule has 6 atom stereocenters. The quantitative estimate of drug-likeness (QED) is 0.0206. The minimum Gasteiger partial charge on any atom is -0.457 e. The number of aliphatic hydroxyl groups is 3. The molecule has 0 saturated carbocycles. The molecule has 56 heavy (non-hydrogen) atoms. The number of hydrogen-bond acceptors (Lipinski definition) is 11. The predicted molar refractivity (Wildman–Crippen MR) is 220 cm³/mol. The first-order chi connectivity index (χ1) is 27.1. The molecule has 0 spiro atoms. The molecule has 0 aromatic carbocycles. The summed E-state index contributed by atoms with van der Waals surface area (Å²) in [5.74, 6) is -0.420. The van der Waals surface area contributed by atoms with Gasteiger partial charge in [0, 0.05) is 13.0 Å². The van der Waals surface area contributed by atoms with Gasteiger partial charge in [-0.3, -0.25) is 9.35 Å². The van der Waals surface area contributed by atoms with Crippen LogP contribution in [0.4, 0.5) is 0 Å². The van der Waals surface area contributed by atoms with E-state index in [9.17, 15) is 28.5 Å². The van der Waals surface area contributed by atoms with E-state index in [-0.39, 0.29) is 19.6 Å². The van der Waals surface area contributed by atoms with Crippen LogP contribution in [0, 0.1) is 0 Å². The van der Waals surface area contributed by atoms with Crippen molar-refractivity contribution in [1.29, 1.82) is 0 Å². The highest BCUT2D eigenvalue weighted by Gasteiger charge is 2.48. The van der Waals surface area contributed by atoms with Crippen molar-refractivity contribution in [2.24, 2.45) is 0 Å². The van der Waals surface area contributed by atoms with Crippen molar-refractivity contribution in [1.82, 2.24) is 0 Å². The number of allylic oxidation sites excluding steroid dienone is 8. The molecule has 0 aromatic rings. The molecule has 1 rings (SSSR count). The van der Waals surface area contributed by atoms with E-state index in [2.05, 4.69) is 66.6 Å². The molecule has 1 heterocycles. The molecule has 13 heteroatoms. The van der Waals surface area contributed by atoms with Gasteiger partial charge < -0.3 is 34.3 Å². The second kappa shape index (κ2) is 35.0. The van der Waals surface area contributed by atoms with Gasteiger partial charge in [-0.25, -0.2) is 4.18 Å². The standard InChI is InChI=1S/C43H76O12S/c1-3-5-7-9-11-13-15-17-19-21-23-25-27-29-31-33-51-35-37(36-52-43-41(47)42(55-56(48,49)50)40(46)38(34-44)54-43)53-39(45)32-30-28-26-24-22-20-18-16-14-12-10-8-6-4-2/h9-12,15-18,37-38,40-44,46-47H,3-8,13-14,19-36H2,1-2H3,(H,48,49,50)/b11-9-,12-10-,17-15-,18-16-. The van der Waals surface area contributed by atoms with Gasteiger partial charge in [0.2, 0.25) is 0 Å². The molecular weight excluding hydrogens is 741 g/mol. The first-order valence-corrected chi connectivity index (χ1v) is 22.8. The van der Waals surface area contributed by atoms with Gasteiger partial charge in [0.15, 0.2) is 6.29 Å². The van der Waals surface area contributed by atoms with Crippen LogP contribution < -0.4 is 0 Å². The molecule has 0 aliphatic carbocycles. The molecule has 0 amide bonds. The minimum atomic E-state index is -5.06. The summed E-state index contributed by atoms with van der Waals surface area (Å²) in [5, 5.41) is 30.6. The number of carbonyl (C=O) groups is 1. The first-order valence-electron chi connectivity index (χ1n) is 21.4. The zero-order valence-corrected chi connectivity index (χ0v) is 35.2. The molecule has 0 bridgehead atoms. The number of unbranched alkanes of at least 4 members (excludes halogenated alkanes) is 15. The summed E-state index contributed by atoms with van der Waals surface area (Å²) in [6, 6.07) is 0. The number of hydrogen-bond donors (Lipinski definition) is 4. The Kier molecular flexibility index (Phi) is 32.6. The topological polar surface area (TPSA) is 178 Å². The second-order valence-corrected chi connectivity index (χ2v) is 15.6.